The largest absolute Gasteiger partial charge is 0.384 e. The molecule has 0 saturated carbocycles. The average molecular weight is 485 g/mol. The van der Waals surface area contributed by atoms with Crippen molar-refractivity contribution in [3.63, 3.8) is 0 Å². The Morgan fingerprint density at radius 3 is 2.72 bits per heavy atom. The summed E-state index contributed by atoms with van der Waals surface area (Å²) in [5.41, 5.74) is 7.36. The van der Waals surface area contributed by atoms with Crippen molar-refractivity contribution in [3.8, 4) is 11.3 Å². The molecule has 0 spiro atoms. The van der Waals surface area contributed by atoms with Crippen LogP contribution >= 0.6 is 0 Å². The molecule has 0 aliphatic carbocycles. The molecule has 9 heteroatoms. The van der Waals surface area contributed by atoms with E-state index in [4.69, 9.17) is 4.98 Å². The normalized spacial score (nSPS) is 18.5. The van der Waals surface area contributed by atoms with E-state index in [1.807, 2.05) is 29.4 Å². The van der Waals surface area contributed by atoms with E-state index in [-0.39, 0.29) is 18.0 Å². The van der Waals surface area contributed by atoms with Gasteiger partial charge in [-0.1, -0.05) is 12.1 Å². The maximum absolute atomic E-state index is 13.5. The van der Waals surface area contributed by atoms with Crippen molar-refractivity contribution < 1.29 is 14.7 Å². The van der Waals surface area contributed by atoms with Gasteiger partial charge in [0.1, 0.15) is 11.6 Å². The Kier molecular flexibility index (Phi) is 5.44. The highest BCUT2D eigenvalue weighted by molar-refractivity contribution is 6.04. The molecule has 1 atom stereocenters. The number of fused-ring (bicyclic) bond motifs is 4. The maximum Gasteiger partial charge on any atom is 0.324 e. The van der Waals surface area contributed by atoms with E-state index in [9.17, 15) is 14.7 Å². The lowest BCUT2D eigenvalue weighted by molar-refractivity contribution is -0.140. The molecule has 0 radical (unpaired) electrons. The van der Waals surface area contributed by atoms with Crippen LogP contribution in [0.3, 0.4) is 0 Å². The number of pyridine rings is 2. The summed E-state index contributed by atoms with van der Waals surface area (Å²) in [6.45, 7) is 3.66. The number of carbonyl (C=O) groups is 2. The van der Waals surface area contributed by atoms with Crippen molar-refractivity contribution in [2.45, 2.75) is 45.0 Å². The minimum absolute atomic E-state index is 0.0729. The van der Waals surface area contributed by atoms with Crippen LogP contribution in [-0.4, -0.2) is 75.3 Å². The molecule has 1 fully saturated rings. The van der Waals surface area contributed by atoms with Gasteiger partial charge in [0.2, 0.25) is 0 Å². The summed E-state index contributed by atoms with van der Waals surface area (Å²) in [4.78, 5) is 45.1. The zero-order valence-electron chi connectivity index (χ0n) is 20.4. The molecule has 184 valence electrons. The molecule has 3 aromatic rings. The molecule has 0 bridgehead atoms. The SMILES string of the molecule is C[C@H](O)C(=O)N1CCC(N2C(=O)N(C)Cc3cnc4ccc(-c5ccc6c(c5)C=NC6)nc4c32)CC1. The van der Waals surface area contributed by atoms with E-state index in [2.05, 4.69) is 28.2 Å². The molecular weight excluding hydrogens is 456 g/mol. The zero-order chi connectivity index (χ0) is 25.0. The number of piperidine rings is 1. The molecule has 5 heterocycles. The van der Waals surface area contributed by atoms with E-state index in [0.717, 1.165) is 33.6 Å². The van der Waals surface area contributed by atoms with Crippen LogP contribution in [0.1, 0.15) is 36.5 Å². The van der Waals surface area contributed by atoms with Gasteiger partial charge in [0.25, 0.3) is 5.91 Å². The molecule has 1 aromatic carbocycles. The van der Waals surface area contributed by atoms with Gasteiger partial charge in [0.15, 0.2) is 0 Å². The van der Waals surface area contributed by atoms with Crippen molar-refractivity contribution in [2.24, 2.45) is 4.99 Å². The molecule has 9 nitrogen and oxygen atoms in total. The number of hydrogen-bond acceptors (Lipinski definition) is 6. The van der Waals surface area contributed by atoms with Crippen LogP contribution in [0, 0.1) is 0 Å². The van der Waals surface area contributed by atoms with E-state index >= 15 is 0 Å². The number of anilines is 1. The first-order chi connectivity index (χ1) is 17.4. The van der Waals surface area contributed by atoms with Gasteiger partial charge in [-0.05, 0) is 49.1 Å². The first kappa shape index (κ1) is 22.6. The Balaban J connectivity index is 1.41. The standard InChI is InChI=1S/C27H28N6O3/c1-16(34)26(35)32-9-7-21(8-10-32)33-25-20(15-31(2)27(33)36)14-29-23-6-5-22(30-24(23)25)17-3-4-18-12-28-13-19(18)11-17/h3-6,11,13-14,16,21,34H,7-10,12,15H2,1-2H3/t16-/m0/s1. The molecule has 3 amide bonds. The number of urea groups is 1. The average Bonchev–Trinajstić information content (AvgIpc) is 3.37. The fourth-order valence-corrected chi connectivity index (χ4v) is 5.45. The second-order valence-corrected chi connectivity index (χ2v) is 9.82. The van der Waals surface area contributed by atoms with Crippen LogP contribution in [0.4, 0.5) is 10.5 Å². The first-order valence-corrected chi connectivity index (χ1v) is 12.3. The van der Waals surface area contributed by atoms with Crippen LogP contribution < -0.4 is 4.90 Å². The summed E-state index contributed by atoms with van der Waals surface area (Å²) in [5, 5.41) is 9.70. The highest BCUT2D eigenvalue weighted by atomic mass is 16.3. The third kappa shape index (κ3) is 3.71. The molecule has 2 aromatic heterocycles. The van der Waals surface area contributed by atoms with E-state index in [1.165, 1.54) is 12.5 Å². The zero-order valence-corrected chi connectivity index (χ0v) is 20.4. The van der Waals surface area contributed by atoms with Crippen molar-refractivity contribution in [1.82, 2.24) is 19.8 Å². The van der Waals surface area contributed by atoms with E-state index < -0.39 is 6.10 Å². The van der Waals surface area contributed by atoms with Crippen molar-refractivity contribution in [3.05, 3.63) is 53.2 Å². The molecule has 1 saturated heterocycles. The summed E-state index contributed by atoms with van der Waals surface area (Å²) in [5.74, 6) is -0.267. The fourth-order valence-electron chi connectivity index (χ4n) is 5.45. The number of benzene rings is 1. The first-order valence-electron chi connectivity index (χ1n) is 12.3. The lowest BCUT2D eigenvalue weighted by Gasteiger charge is -2.43. The van der Waals surface area contributed by atoms with Gasteiger partial charge in [0, 0.05) is 49.7 Å². The minimum atomic E-state index is -1.02. The highest BCUT2D eigenvalue weighted by Gasteiger charge is 2.38. The van der Waals surface area contributed by atoms with E-state index in [1.54, 1.807) is 16.8 Å². The number of aromatic nitrogens is 2. The third-order valence-corrected chi connectivity index (χ3v) is 7.38. The number of amides is 3. The van der Waals surface area contributed by atoms with Gasteiger partial charge in [-0.2, -0.15) is 0 Å². The van der Waals surface area contributed by atoms with Crippen LogP contribution in [0.5, 0.6) is 0 Å². The topological polar surface area (TPSA) is 102 Å². The van der Waals surface area contributed by atoms with Gasteiger partial charge in [-0.3, -0.25) is 19.7 Å². The van der Waals surface area contributed by atoms with Crippen LogP contribution in [0.2, 0.25) is 0 Å². The Morgan fingerprint density at radius 2 is 1.94 bits per heavy atom. The van der Waals surface area contributed by atoms with E-state index in [0.29, 0.717) is 44.5 Å². The van der Waals surface area contributed by atoms with Gasteiger partial charge in [0.05, 0.1) is 30.0 Å². The molecule has 0 unspecified atom stereocenters. The Bertz CT molecular complexity index is 1410. The van der Waals surface area contributed by atoms with Crippen LogP contribution in [0.25, 0.3) is 22.3 Å². The molecular formula is C27H28N6O3. The molecule has 3 aliphatic heterocycles. The number of rotatable bonds is 3. The van der Waals surface area contributed by atoms with Crippen molar-refractivity contribution >= 4 is 34.9 Å². The molecule has 36 heavy (non-hydrogen) atoms. The number of aliphatic hydroxyl groups excluding tert-OH is 1. The number of nitrogens with zero attached hydrogens (tertiary/aromatic N) is 6. The van der Waals surface area contributed by atoms with Crippen molar-refractivity contribution in [1.29, 1.82) is 0 Å². The fraction of sp³-hybridized carbons (Fsp3) is 0.370. The second-order valence-electron chi connectivity index (χ2n) is 9.82. The van der Waals surface area contributed by atoms with Gasteiger partial charge >= 0.3 is 6.03 Å². The Morgan fingerprint density at radius 1 is 1.14 bits per heavy atom. The number of aliphatic hydroxyl groups is 1. The number of aliphatic imine (C=N–C) groups is 1. The predicted octanol–water partition coefficient (Wildman–Crippen LogP) is 2.97. The monoisotopic (exact) mass is 484 g/mol. The predicted molar refractivity (Wildman–Crippen MR) is 137 cm³/mol. The summed E-state index contributed by atoms with van der Waals surface area (Å²) in [7, 11) is 1.80. The van der Waals surface area contributed by atoms with Gasteiger partial charge in [-0.15, -0.1) is 0 Å². The van der Waals surface area contributed by atoms with Crippen LogP contribution in [0.15, 0.2) is 41.5 Å². The lowest BCUT2D eigenvalue weighted by Crippen LogP contribution is -2.55. The number of carbonyl (C=O) groups excluding carboxylic acids is 2. The molecule has 3 aliphatic rings. The summed E-state index contributed by atoms with van der Waals surface area (Å²) < 4.78 is 0. The van der Waals surface area contributed by atoms with Crippen molar-refractivity contribution in [2.75, 3.05) is 25.0 Å². The van der Waals surface area contributed by atoms with Gasteiger partial charge < -0.3 is 14.9 Å². The highest BCUT2D eigenvalue weighted by Crippen LogP contribution is 2.38. The molecule has 6 rings (SSSR count). The Labute approximate surface area is 209 Å². The number of likely N-dealkylation sites (tertiary alicyclic amines) is 1. The Hall–Kier alpha value is -3.85. The summed E-state index contributed by atoms with van der Waals surface area (Å²) >= 11 is 0. The second kappa shape index (κ2) is 8.67. The number of hydrogen-bond donors (Lipinski definition) is 1. The summed E-state index contributed by atoms with van der Waals surface area (Å²) in [6.07, 6.45) is 3.98. The quantitative estimate of drug-likeness (QED) is 0.616. The minimum Gasteiger partial charge on any atom is -0.384 e. The van der Waals surface area contributed by atoms with Gasteiger partial charge in [-0.25, -0.2) is 9.78 Å². The summed E-state index contributed by atoms with van der Waals surface area (Å²) in [6, 6.07) is 10.0. The lowest BCUT2D eigenvalue weighted by atomic mass is 9.99. The van der Waals surface area contributed by atoms with Crippen LogP contribution in [-0.2, 0) is 17.9 Å². The molecule has 1 N–H and O–H groups in total. The third-order valence-electron chi connectivity index (χ3n) is 7.38. The smallest absolute Gasteiger partial charge is 0.324 e. The maximum atomic E-state index is 13.5.